The molecule has 1 aromatic carbocycles. The van der Waals surface area contributed by atoms with Crippen LogP contribution in [0.1, 0.15) is 29.4 Å². The first-order valence-corrected chi connectivity index (χ1v) is 6.43. The van der Waals surface area contributed by atoms with Gasteiger partial charge in [0.05, 0.1) is 23.7 Å². The van der Waals surface area contributed by atoms with Crippen molar-refractivity contribution in [2.75, 3.05) is 6.61 Å². The van der Waals surface area contributed by atoms with Gasteiger partial charge in [-0.1, -0.05) is 25.1 Å². The summed E-state index contributed by atoms with van der Waals surface area (Å²) in [6.07, 6.45) is 0.699. The molecule has 19 heavy (non-hydrogen) atoms. The lowest BCUT2D eigenvalue weighted by Gasteiger charge is -2.15. The number of hydrogen-bond donors (Lipinski definition) is 2. The smallest absolute Gasteiger partial charge is 0.252 e. The topological polar surface area (TPSA) is 62.2 Å². The monoisotopic (exact) mass is 258 g/mol. The number of carbonyl (C=O) groups excluding carboxylic acids is 1. The van der Waals surface area contributed by atoms with E-state index in [1.54, 1.807) is 6.07 Å². The van der Waals surface area contributed by atoms with Crippen LogP contribution < -0.4 is 5.32 Å². The van der Waals surface area contributed by atoms with Crippen molar-refractivity contribution >= 4 is 16.8 Å². The number of amides is 1. The first-order valence-electron chi connectivity index (χ1n) is 6.43. The highest BCUT2D eigenvalue weighted by Crippen LogP contribution is 2.18. The Balaban J connectivity index is 2.41. The number of hydrogen-bond acceptors (Lipinski definition) is 3. The summed E-state index contributed by atoms with van der Waals surface area (Å²) in [7, 11) is 0. The maximum atomic E-state index is 12.3. The highest BCUT2D eigenvalue weighted by molar-refractivity contribution is 6.06. The lowest BCUT2D eigenvalue weighted by molar-refractivity contribution is 0.0916. The van der Waals surface area contributed by atoms with Gasteiger partial charge in [0.1, 0.15) is 0 Å². The molecule has 4 heteroatoms. The van der Waals surface area contributed by atoms with Crippen molar-refractivity contribution in [3.63, 3.8) is 0 Å². The number of nitrogens with one attached hydrogen (secondary N) is 1. The third kappa shape index (κ3) is 2.90. The number of aliphatic hydroxyl groups excluding tert-OH is 1. The van der Waals surface area contributed by atoms with Gasteiger partial charge in [0.2, 0.25) is 0 Å². The maximum Gasteiger partial charge on any atom is 0.252 e. The van der Waals surface area contributed by atoms with E-state index in [0.717, 1.165) is 16.6 Å². The SMILES string of the molecule is CC[C@H](CO)NC(=O)c1cc(C)nc2ccccc12. The van der Waals surface area contributed by atoms with Gasteiger partial charge in [-0.3, -0.25) is 9.78 Å². The molecule has 0 spiro atoms. The fourth-order valence-electron chi connectivity index (χ4n) is 2.04. The Labute approximate surface area is 112 Å². The van der Waals surface area contributed by atoms with Crippen LogP contribution in [0.4, 0.5) is 0 Å². The van der Waals surface area contributed by atoms with Gasteiger partial charge in [0, 0.05) is 11.1 Å². The molecule has 100 valence electrons. The Morgan fingerprint density at radius 1 is 1.42 bits per heavy atom. The molecule has 0 saturated heterocycles. The predicted molar refractivity (Wildman–Crippen MR) is 75.1 cm³/mol. The number of pyridine rings is 1. The van der Waals surface area contributed by atoms with Crippen molar-refractivity contribution < 1.29 is 9.90 Å². The van der Waals surface area contributed by atoms with E-state index < -0.39 is 0 Å². The van der Waals surface area contributed by atoms with Crippen LogP contribution >= 0.6 is 0 Å². The van der Waals surface area contributed by atoms with Gasteiger partial charge < -0.3 is 10.4 Å². The van der Waals surface area contributed by atoms with Gasteiger partial charge in [0.15, 0.2) is 0 Å². The average molecular weight is 258 g/mol. The number of carbonyl (C=O) groups is 1. The van der Waals surface area contributed by atoms with Crippen molar-refractivity contribution in [2.45, 2.75) is 26.3 Å². The van der Waals surface area contributed by atoms with E-state index in [9.17, 15) is 4.79 Å². The summed E-state index contributed by atoms with van der Waals surface area (Å²) in [4.78, 5) is 16.7. The van der Waals surface area contributed by atoms with Crippen molar-refractivity contribution in [3.05, 3.63) is 41.6 Å². The fraction of sp³-hybridized carbons (Fsp3) is 0.333. The van der Waals surface area contributed by atoms with E-state index >= 15 is 0 Å². The normalized spacial score (nSPS) is 12.4. The third-order valence-corrected chi connectivity index (χ3v) is 3.14. The molecular weight excluding hydrogens is 240 g/mol. The van der Waals surface area contributed by atoms with E-state index in [1.165, 1.54) is 0 Å². The first-order chi connectivity index (χ1) is 9.15. The zero-order chi connectivity index (χ0) is 13.8. The van der Waals surface area contributed by atoms with Crippen LogP contribution in [0.5, 0.6) is 0 Å². The van der Waals surface area contributed by atoms with Crippen molar-refractivity contribution in [1.82, 2.24) is 10.3 Å². The minimum atomic E-state index is -0.209. The summed E-state index contributed by atoms with van der Waals surface area (Å²) in [5.74, 6) is -0.164. The molecule has 0 aliphatic heterocycles. The van der Waals surface area contributed by atoms with Gasteiger partial charge in [-0.15, -0.1) is 0 Å². The van der Waals surface area contributed by atoms with Crippen LogP contribution in [-0.4, -0.2) is 28.6 Å². The zero-order valence-corrected chi connectivity index (χ0v) is 11.2. The van der Waals surface area contributed by atoms with Crippen LogP contribution in [0.25, 0.3) is 10.9 Å². The van der Waals surface area contributed by atoms with Gasteiger partial charge in [-0.2, -0.15) is 0 Å². The summed E-state index contributed by atoms with van der Waals surface area (Å²) < 4.78 is 0. The maximum absolute atomic E-state index is 12.3. The van der Waals surface area contributed by atoms with Crippen LogP contribution in [0, 0.1) is 6.92 Å². The van der Waals surface area contributed by atoms with Crippen LogP contribution in [0.3, 0.4) is 0 Å². The Morgan fingerprint density at radius 2 is 2.16 bits per heavy atom. The van der Waals surface area contributed by atoms with Crippen molar-refractivity contribution in [1.29, 1.82) is 0 Å². The van der Waals surface area contributed by atoms with E-state index in [4.69, 9.17) is 5.11 Å². The predicted octanol–water partition coefficient (Wildman–Crippen LogP) is 2.04. The summed E-state index contributed by atoms with van der Waals surface area (Å²) >= 11 is 0. The Hall–Kier alpha value is -1.94. The molecule has 0 saturated carbocycles. The molecule has 4 nitrogen and oxygen atoms in total. The molecule has 0 aliphatic carbocycles. The number of rotatable bonds is 4. The highest BCUT2D eigenvalue weighted by Gasteiger charge is 2.14. The second kappa shape index (κ2) is 5.80. The van der Waals surface area contributed by atoms with Gasteiger partial charge in [-0.05, 0) is 25.5 Å². The van der Waals surface area contributed by atoms with E-state index in [2.05, 4.69) is 10.3 Å². The molecular formula is C15H18N2O2. The lowest BCUT2D eigenvalue weighted by Crippen LogP contribution is -2.37. The minimum Gasteiger partial charge on any atom is -0.394 e. The number of aromatic nitrogens is 1. The lowest BCUT2D eigenvalue weighted by atomic mass is 10.1. The largest absolute Gasteiger partial charge is 0.394 e. The molecule has 1 atom stereocenters. The number of aliphatic hydroxyl groups is 1. The van der Waals surface area contributed by atoms with Crippen molar-refractivity contribution in [3.8, 4) is 0 Å². The van der Waals surface area contributed by atoms with E-state index in [1.807, 2.05) is 38.1 Å². The standard InChI is InChI=1S/C15H18N2O2/c1-3-11(9-18)17-15(19)13-8-10(2)16-14-7-5-4-6-12(13)14/h4-8,11,18H,3,9H2,1-2H3,(H,17,19)/t11-/m1/s1. The summed E-state index contributed by atoms with van der Waals surface area (Å²) in [5, 5.41) is 12.8. The number of benzene rings is 1. The zero-order valence-electron chi connectivity index (χ0n) is 11.2. The van der Waals surface area contributed by atoms with Gasteiger partial charge >= 0.3 is 0 Å². The molecule has 0 radical (unpaired) electrons. The average Bonchev–Trinajstić information content (AvgIpc) is 2.43. The molecule has 2 N–H and O–H groups in total. The minimum absolute atomic E-state index is 0.0514. The molecule has 2 aromatic rings. The molecule has 0 bridgehead atoms. The molecule has 0 unspecified atom stereocenters. The Bertz CT molecular complexity index is 592. The van der Waals surface area contributed by atoms with E-state index in [0.29, 0.717) is 12.0 Å². The quantitative estimate of drug-likeness (QED) is 0.882. The molecule has 2 rings (SSSR count). The first kappa shape index (κ1) is 13.5. The Morgan fingerprint density at radius 3 is 2.84 bits per heavy atom. The second-order valence-corrected chi connectivity index (χ2v) is 4.59. The van der Waals surface area contributed by atoms with Gasteiger partial charge in [0.25, 0.3) is 5.91 Å². The van der Waals surface area contributed by atoms with E-state index in [-0.39, 0.29) is 18.6 Å². The third-order valence-electron chi connectivity index (χ3n) is 3.14. The number of aryl methyl sites for hydroxylation is 1. The molecule has 0 fully saturated rings. The summed E-state index contributed by atoms with van der Waals surface area (Å²) in [6, 6.07) is 9.14. The molecule has 1 aromatic heterocycles. The number of fused-ring (bicyclic) bond motifs is 1. The van der Waals surface area contributed by atoms with Crippen LogP contribution in [0.15, 0.2) is 30.3 Å². The summed E-state index contributed by atoms with van der Waals surface area (Å²) in [6.45, 7) is 3.74. The molecule has 1 amide bonds. The molecule has 1 heterocycles. The van der Waals surface area contributed by atoms with Gasteiger partial charge in [-0.25, -0.2) is 0 Å². The van der Waals surface area contributed by atoms with Crippen LogP contribution in [-0.2, 0) is 0 Å². The number of nitrogens with zero attached hydrogens (tertiary/aromatic N) is 1. The van der Waals surface area contributed by atoms with Crippen molar-refractivity contribution in [2.24, 2.45) is 0 Å². The fourth-order valence-corrected chi connectivity index (χ4v) is 2.04. The number of para-hydroxylation sites is 1. The molecule has 0 aliphatic rings. The van der Waals surface area contributed by atoms with Crippen LogP contribution in [0.2, 0.25) is 0 Å². The highest BCUT2D eigenvalue weighted by atomic mass is 16.3. The second-order valence-electron chi connectivity index (χ2n) is 4.59. The Kier molecular flexibility index (Phi) is 4.12. The summed E-state index contributed by atoms with van der Waals surface area (Å²) in [5.41, 5.74) is 2.22.